The first-order valence-electron chi connectivity index (χ1n) is 7.64. The van der Waals surface area contributed by atoms with Crippen LogP contribution in [0, 0.1) is 5.82 Å². The van der Waals surface area contributed by atoms with Crippen LogP contribution in [-0.2, 0) is 0 Å². The summed E-state index contributed by atoms with van der Waals surface area (Å²) < 4.78 is 13.1. The van der Waals surface area contributed by atoms with E-state index in [1.807, 2.05) is 24.3 Å². The van der Waals surface area contributed by atoms with Crippen LogP contribution in [0.2, 0.25) is 0 Å². The van der Waals surface area contributed by atoms with Crippen LogP contribution < -0.4 is 10.2 Å². The Bertz CT molecular complexity index is 648. The Kier molecular flexibility index (Phi) is 4.37. The molecule has 22 heavy (non-hydrogen) atoms. The van der Waals surface area contributed by atoms with Crippen LogP contribution in [-0.4, -0.2) is 19.0 Å². The lowest BCUT2D eigenvalue weighted by Crippen LogP contribution is -2.29. The first-order chi connectivity index (χ1) is 10.7. The fourth-order valence-electron chi connectivity index (χ4n) is 2.75. The largest absolute Gasteiger partial charge is 0.372 e. The molecule has 1 fully saturated rings. The number of benzene rings is 2. The summed E-state index contributed by atoms with van der Waals surface area (Å²) in [4.78, 5) is 14.5. The fraction of sp³-hybridized carbons (Fsp3) is 0.278. The Balaban J connectivity index is 1.68. The van der Waals surface area contributed by atoms with Crippen LogP contribution in [0.25, 0.3) is 0 Å². The van der Waals surface area contributed by atoms with Gasteiger partial charge in [0.2, 0.25) is 0 Å². The molecule has 0 spiro atoms. The monoisotopic (exact) mass is 298 g/mol. The zero-order chi connectivity index (χ0) is 15.4. The van der Waals surface area contributed by atoms with Gasteiger partial charge in [0.1, 0.15) is 5.82 Å². The highest BCUT2D eigenvalue weighted by molar-refractivity contribution is 6.04. The van der Waals surface area contributed by atoms with Crippen molar-refractivity contribution in [1.82, 2.24) is 0 Å². The molecule has 4 heteroatoms. The van der Waals surface area contributed by atoms with Crippen LogP contribution in [0.1, 0.15) is 29.6 Å². The molecule has 0 atom stereocenters. The van der Waals surface area contributed by atoms with Gasteiger partial charge in [0.25, 0.3) is 5.91 Å². The van der Waals surface area contributed by atoms with Crippen molar-refractivity contribution in [3.63, 3.8) is 0 Å². The van der Waals surface area contributed by atoms with Crippen molar-refractivity contribution in [2.75, 3.05) is 23.3 Å². The molecule has 0 unspecified atom stereocenters. The molecule has 2 aromatic rings. The average molecular weight is 298 g/mol. The van der Waals surface area contributed by atoms with Gasteiger partial charge in [0.15, 0.2) is 0 Å². The maximum Gasteiger partial charge on any atom is 0.255 e. The van der Waals surface area contributed by atoms with E-state index in [1.54, 1.807) is 12.1 Å². The van der Waals surface area contributed by atoms with Crippen LogP contribution in [0.4, 0.5) is 15.8 Å². The van der Waals surface area contributed by atoms with Crippen LogP contribution >= 0.6 is 0 Å². The highest BCUT2D eigenvalue weighted by Crippen LogP contribution is 2.20. The summed E-state index contributed by atoms with van der Waals surface area (Å²) in [5.74, 6) is -0.589. The van der Waals surface area contributed by atoms with Crippen molar-refractivity contribution < 1.29 is 9.18 Å². The minimum Gasteiger partial charge on any atom is -0.372 e. The molecule has 2 aromatic carbocycles. The molecule has 0 saturated carbocycles. The Morgan fingerprint density at radius 2 is 1.73 bits per heavy atom. The van der Waals surface area contributed by atoms with E-state index in [1.165, 1.54) is 31.4 Å². The number of nitrogens with zero attached hydrogens (tertiary/aromatic N) is 1. The summed E-state index contributed by atoms with van der Waals surface area (Å²) in [5, 5.41) is 2.71. The summed E-state index contributed by atoms with van der Waals surface area (Å²) in [5.41, 5.74) is 2.19. The highest BCUT2D eigenvalue weighted by Gasteiger charge is 2.12. The molecule has 3 nitrogen and oxygen atoms in total. The zero-order valence-electron chi connectivity index (χ0n) is 12.4. The van der Waals surface area contributed by atoms with Gasteiger partial charge in [0.05, 0.1) is 0 Å². The third-order valence-electron chi connectivity index (χ3n) is 3.93. The molecule has 1 heterocycles. The topological polar surface area (TPSA) is 32.3 Å². The number of carbonyl (C=O) groups excluding carboxylic acids is 1. The van der Waals surface area contributed by atoms with Gasteiger partial charge < -0.3 is 10.2 Å². The number of carbonyl (C=O) groups is 1. The smallest absolute Gasteiger partial charge is 0.255 e. The Morgan fingerprint density at radius 1 is 1.00 bits per heavy atom. The second-order valence-electron chi connectivity index (χ2n) is 5.56. The minimum absolute atomic E-state index is 0.226. The fourth-order valence-corrected chi connectivity index (χ4v) is 2.75. The van der Waals surface area contributed by atoms with Crippen molar-refractivity contribution in [1.29, 1.82) is 0 Å². The van der Waals surface area contributed by atoms with Gasteiger partial charge in [-0.25, -0.2) is 4.39 Å². The number of hydrogen-bond acceptors (Lipinski definition) is 2. The van der Waals surface area contributed by atoms with Gasteiger partial charge in [-0.3, -0.25) is 4.79 Å². The predicted molar refractivity (Wildman–Crippen MR) is 86.9 cm³/mol. The van der Waals surface area contributed by atoms with E-state index in [0.29, 0.717) is 11.3 Å². The van der Waals surface area contributed by atoms with Gasteiger partial charge in [0, 0.05) is 30.0 Å². The van der Waals surface area contributed by atoms with Crippen molar-refractivity contribution in [2.45, 2.75) is 19.3 Å². The van der Waals surface area contributed by atoms with E-state index in [2.05, 4.69) is 10.2 Å². The molecule has 114 valence electrons. The quantitative estimate of drug-likeness (QED) is 0.926. The number of hydrogen-bond donors (Lipinski definition) is 1. The van der Waals surface area contributed by atoms with Crippen molar-refractivity contribution in [3.8, 4) is 0 Å². The summed E-state index contributed by atoms with van der Waals surface area (Å²) in [7, 11) is 0. The number of halogens is 1. The van der Waals surface area contributed by atoms with E-state index in [0.717, 1.165) is 18.8 Å². The molecule has 3 rings (SSSR count). The average Bonchev–Trinajstić information content (AvgIpc) is 2.56. The van der Waals surface area contributed by atoms with E-state index in [9.17, 15) is 9.18 Å². The third-order valence-corrected chi connectivity index (χ3v) is 3.93. The second-order valence-corrected chi connectivity index (χ2v) is 5.56. The lowest BCUT2D eigenvalue weighted by atomic mass is 10.1. The molecule has 0 aliphatic carbocycles. The molecule has 1 amide bonds. The second kappa shape index (κ2) is 6.60. The van der Waals surface area contributed by atoms with Crippen LogP contribution in [0.5, 0.6) is 0 Å². The Labute approximate surface area is 129 Å². The molecule has 0 bridgehead atoms. The van der Waals surface area contributed by atoms with E-state index < -0.39 is 0 Å². The maximum atomic E-state index is 13.1. The normalized spacial score (nSPS) is 14.7. The van der Waals surface area contributed by atoms with Crippen molar-refractivity contribution in [2.24, 2.45) is 0 Å². The maximum absolute atomic E-state index is 13.1. The standard InChI is InChI=1S/C18H19FN2O/c19-15-5-4-6-16(13-15)20-18(22)14-7-9-17(10-8-14)21-11-2-1-3-12-21/h4-10,13H,1-3,11-12H2,(H,20,22). The third kappa shape index (κ3) is 3.45. The molecule has 1 aliphatic heterocycles. The van der Waals surface area contributed by atoms with E-state index in [-0.39, 0.29) is 11.7 Å². The SMILES string of the molecule is O=C(Nc1cccc(F)c1)c1ccc(N2CCCCC2)cc1. The number of amides is 1. The molecule has 0 aromatic heterocycles. The Morgan fingerprint density at radius 3 is 2.41 bits per heavy atom. The lowest BCUT2D eigenvalue weighted by Gasteiger charge is -2.28. The molecular weight excluding hydrogens is 279 g/mol. The van der Waals surface area contributed by atoms with Crippen molar-refractivity contribution in [3.05, 3.63) is 59.9 Å². The summed E-state index contributed by atoms with van der Waals surface area (Å²) >= 11 is 0. The van der Waals surface area contributed by atoms with Crippen molar-refractivity contribution >= 4 is 17.3 Å². The summed E-state index contributed by atoms with van der Waals surface area (Å²) in [6, 6.07) is 13.5. The van der Waals surface area contributed by atoms with Gasteiger partial charge in [-0.15, -0.1) is 0 Å². The van der Waals surface area contributed by atoms with Crippen LogP contribution in [0.3, 0.4) is 0 Å². The van der Waals surface area contributed by atoms with Crippen LogP contribution in [0.15, 0.2) is 48.5 Å². The number of piperidine rings is 1. The molecular formula is C18H19FN2O. The van der Waals surface area contributed by atoms with Gasteiger partial charge in [-0.05, 0) is 61.7 Å². The first-order valence-corrected chi connectivity index (χ1v) is 7.64. The lowest BCUT2D eigenvalue weighted by molar-refractivity contribution is 0.102. The van der Waals surface area contributed by atoms with Gasteiger partial charge in [-0.2, -0.15) is 0 Å². The molecule has 1 saturated heterocycles. The minimum atomic E-state index is -0.363. The van der Waals surface area contributed by atoms with E-state index >= 15 is 0 Å². The molecule has 0 radical (unpaired) electrons. The number of anilines is 2. The predicted octanol–water partition coefficient (Wildman–Crippen LogP) is 4.07. The van der Waals surface area contributed by atoms with Gasteiger partial charge in [-0.1, -0.05) is 6.07 Å². The zero-order valence-corrected chi connectivity index (χ0v) is 12.4. The number of nitrogens with one attached hydrogen (secondary N) is 1. The molecule has 1 N–H and O–H groups in total. The molecule has 1 aliphatic rings. The Hall–Kier alpha value is -2.36. The van der Waals surface area contributed by atoms with E-state index in [4.69, 9.17) is 0 Å². The highest BCUT2D eigenvalue weighted by atomic mass is 19.1. The summed E-state index contributed by atoms with van der Waals surface area (Å²) in [6.45, 7) is 2.16. The summed E-state index contributed by atoms with van der Waals surface area (Å²) in [6.07, 6.45) is 3.74. The van der Waals surface area contributed by atoms with Gasteiger partial charge >= 0.3 is 0 Å². The number of rotatable bonds is 3. The first kappa shape index (κ1) is 14.6.